The fourth-order valence-corrected chi connectivity index (χ4v) is 4.25. The number of hydrogen-bond donors (Lipinski definition) is 0. The first kappa shape index (κ1) is 19.5. The van der Waals surface area contributed by atoms with Gasteiger partial charge in [-0.2, -0.15) is 0 Å². The Morgan fingerprint density at radius 2 is 0.958 bits per heavy atom. The average molecular weight is 580 g/mol. The van der Waals surface area contributed by atoms with Crippen molar-refractivity contribution in [3.63, 3.8) is 0 Å². The van der Waals surface area contributed by atoms with E-state index < -0.39 is 20.6 Å². The predicted octanol–water partition coefficient (Wildman–Crippen LogP) is 3.58. The van der Waals surface area contributed by atoms with E-state index in [0.717, 1.165) is 0 Å². The Hall–Kier alpha value is -0.801. The Morgan fingerprint density at radius 1 is 0.667 bits per heavy atom. The molecule has 128 valence electrons. The van der Waals surface area contributed by atoms with E-state index in [1.54, 1.807) is 55.0 Å². The van der Waals surface area contributed by atoms with Gasteiger partial charge in [-0.3, -0.25) is 15.0 Å². The molecule has 3 aromatic rings. The van der Waals surface area contributed by atoms with Crippen LogP contribution in [-0.2, 0) is 18.0 Å². The van der Waals surface area contributed by atoms with E-state index in [-0.39, 0.29) is 0 Å². The molecule has 0 bridgehead atoms. The van der Waals surface area contributed by atoms with Crippen LogP contribution in [0.2, 0.25) is 0 Å². The summed E-state index contributed by atoms with van der Waals surface area (Å²) in [6.45, 7) is 0. The molecule has 0 spiro atoms. The van der Waals surface area contributed by atoms with Crippen LogP contribution >= 0.6 is 35.9 Å². The van der Waals surface area contributed by atoms with Crippen LogP contribution in [0.4, 0.5) is 0 Å². The molecule has 0 saturated carbocycles. The van der Waals surface area contributed by atoms with Crippen molar-refractivity contribution in [3.05, 3.63) is 73.2 Å². The van der Waals surface area contributed by atoms with Crippen molar-refractivity contribution in [2.45, 2.75) is 0 Å². The molecule has 24 heavy (non-hydrogen) atoms. The monoisotopic (exact) mass is 579 g/mol. The minimum absolute atomic E-state index is 0.498. The van der Waals surface area contributed by atoms with Gasteiger partial charge in [-0.15, -0.1) is 0 Å². The first-order valence-corrected chi connectivity index (χ1v) is 17.2. The summed E-state index contributed by atoms with van der Waals surface area (Å²) in [6, 6.07) is 16.1. The summed E-state index contributed by atoms with van der Waals surface area (Å²) in [5.74, 6) is 0. The van der Waals surface area contributed by atoms with Crippen LogP contribution in [0.25, 0.3) is 0 Å². The molecule has 0 atom stereocenters. The molecule has 0 amide bonds. The Bertz CT molecular complexity index is 689. The topological polar surface area (TPSA) is 55.7 Å². The first-order chi connectivity index (χ1) is 11.5. The summed E-state index contributed by atoms with van der Waals surface area (Å²) in [7, 11) is 11.8. The molecule has 0 aliphatic heterocycles. The molecule has 0 aromatic carbocycles. The first-order valence-electron chi connectivity index (χ1n) is 6.54. The van der Waals surface area contributed by atoms with E-state index >= 15 is 0 Å². The van der Waals surface area contributed by atoms with Crippen molar-refractivity contribution in [2.75, 3.05) is 0 Å². The fraction of sp³-hybridized carbons (Fsp3) is 0. The number of rotatable bonds is 3. The maximum absolute atomic E-state index is 13.6. The zero-order chi connectivity index (χ0) is 17.4. The summed E-state index contributed by atoms with van der Waals surface area (Å²) >= 11 is -1.92. The second kappa shape index (κ2) is 9.62. The van der Waals surface area contributed by atoms with Gasteiger partial charge in [0.1, 0.15) is 16.3 Å². The molecular weight excluding hydrogens is 568 g/mol. The fourth-order valence-electron chi connectivity index (χ4n) is 1.97. The van der Waals surface area contributed by atoms with Gasteiger partial charge in [-0.1, -0.05) is 18.2 Å². The quantitative estimate of drug-likeness (QED) is 0.446. The maximum atomic E-state index is 13.6. The molecular formula is C15H12Cl3IrN3OP. The molecule has 0 unspecified atom stereocenters. The van der Waals surface area contributed by atoms with Gasteiger partial charge in [0.15, 0.2) is 0 Å². The van der Waals surface area contributed by atoms with Gasteiger partial charge in [-0.05, 0) is 36.4 Å². The van der Waals surface area contributed by atoms with E-state index in [4.69, 9.17) is 28.8 Å². The molecule has 0 aliphatic carbocycles. The Labute approximate surface area is 157 Å². The molecule has 0 saturated heterocycles. The third kappa shape index (κ3) is 5.10. The second-order valence-corrected chi connectivity index (χ2v) is 17.3. The van der Waals surface area contributed by atoms with Gasteiger partial charge in [0.25, 0.3) is 0 Å². The third-order valence-corrected chi connectivity index (χ3v) is 5.65. The van der Waals surface area contributed by atoms with Crippen molar-refractivity contribution in [3.8, 4) is 0 Å². The van der Waals surface area contributed by atoms with Crippen LogP contribution in [0.3, 0.4) is 0 Å². The van der Waals surface area contributed by atoms with E-state index in [9.17, 15) is 4.57 Å². The van der Waals surface area contributed by atoms with Crippen molar-refractivity contribution in [2.24, 2.45) is 0 Å². The number of aromatic nitrogens is 3. The van der Waals surface area contributed by atoms with E-state index in [1.807, 2.05) is 18.2 Å². The Morgan fingerprint density at radius 3 is 1.17 bits per heavy atom. The normalized spacial score (nSPS) is 11.2. The zero-order valence-electron chi connectivity index (χ0n) is 12.1. The van der Waals surface area contributed by atoms with Gasteiger partial charge in [0.05, 0.1) is 0 Å². The van der Waals surface area contributed by atoms with E-state index in [2.05, 4.69) is 15.0 Å². The van der Waals surface area contributed by atoms with Crippen LogP contribution in [0.15, 0.2) is 73.2 Å². The average Bonchev–Trinajstić information content (AvgIpc) is 2.63. The summed E-state index contributed by atoms with van der Waals surface area (Å²) < 4.78 is 13.6. The second-order valence-electron chi connectivity index (χ2n) is 4.32. The number of hydrogen-bond acceptors (Lipinski definition) is 4. The van der Waals surface area contributed by atoms with Crippen molar-refractivity contribution in [1.29, 1.82) is 0 Å². The van der Waals surface area contributed by atoms with Gasteiger partial charge in [0.2, 0.25) is 7.14 Å². The summed E-state index contributed by atoms with van der Waals surface area (Å²) in [4.78, 5) is 12.8. The van der Waals surface area contributed by atoms with Crippen molar-refractivity contribution < 1.29 is 18.0 Å². The number of nitrogens with zero attached hydrogens (tertiary/aromatic N) is 3. The van der Waals surface area contributed by atoms with E-state index in [1.165, 1.54) is 0 Å². The van der Waals surface area contributed by atoms with Gasteiger partial charge >= 0.3 is 42.2 Å². The van der Waals surface area contributed by atoms with Crippen LogP contribution in [-0.4, -0.2) is 15.0 Å². The summed E-state index contributed by atoms with van der Waals surface area (Å²) in [5.41, 5.74) is 1.49. The standard InChI is InChI=1S/C15H12N3OP.3ClH.Ir/c19-20(13-7-1-4-10-16-13,14-8-2-5-11-17-14)15-9-3-6-12-18-15;;;;/h1-12H;3*1H;/q;;;;+3/p-3. The van der Waals surface area contributed by atoms with Crippen LogP contribution in [0.1, 0.15) is 0 Å². The van der Waals surface area contributed by atoms with Crippen molar-refractivity contribution in [1.82, 2.24) is 15.0 Å². The summed E-state index contributed by atoms with van der Waals surface area (Å²) in [5, 5.41) is 0. The van der Waals surface area contributed by atoms with Gasteiger partial charge < -0.3 is 4.57 Å². The Kier molecular flexibility index (Phi) is 7.83. The van der Waals surface area contributed by atoms with Gasteiger partial charge in [0, 0.05) is 18.6 Å². The molecule has 3 rings (SSSR count). The predicted molar refractivity (Wildman–Crippen MR) is 96.8 cm³/mol. The van der Waals surface area contributed by atoms with Gasteiger partial charge in [-0.25, -0.2) is 0 Å². The number of pyridine rings is 3. The molecule has 3 heterocycles. The molecule has 9 heteroatoms. The SMILES string of the molecule is O=P(c1ccccn1)(c1ccccn1)c1ccccn1.[Cl][Ir]([Cl])[Cl]. The van der Waals surface area contributed by atoms with E-state index in [0.29, 0.717) is 16.3 Å². The van der Waals surface area contributed by atoms with Crippen molar-refractivity contribution >= 4 is 52.2 Å². The van der Waals surface area contributed by atoms with Crippen LogP contribution in [0.5, 0.6) is 0 Å². The molecule has 0 N–H and O–H groups in total. The van der Waals surface area contributed by atoms with Crippen LogP contribution in [0, 0.1) is 0 Å². The molecule has 4 nitrogen and oxygen atoms in total. The molecule has 0 radical (unpaired) electrons. The zero-order valence-corrected chi connectivity index (χ0v) is 17.6. The Balaban J connectivity index is 0.000000471. The molecule has 3 aromatic heterocycles. The third-order valence-electron chi connectivity index (χ3n) is 2.92. The van der Waals surface area contributed by atoms with Crippen LogP contribution < -0.4 is 16.3 Å². The molecule has 0 aliphatic rings. The minimum atomic E-state index is -3.11. The number of halogens is 3. The summed E-state index contributed by atoms with van der Waals surface area (Å²) in [6.07, 6.45) is 4.90. The molecule has 0 fully saturated rings.